The van der Waals surface area contributed by atoms with Gasteiger partial charge in [0, 0.05) is 11.1 Å². The van der Waals surface area contributed by atoms with Crippen molar-refractivity contribution in [2.75, 3.05) is 0 Å². The predicted octanol–water partition coefficient (Wildman–Crippen LogP) is 3.78. The molecule has 0 spiro atoms. The van der Waals surface area contributed by atoms with Gasteiger partial charge in [-0.25, -0.2) is 0 Å². The van der Waals surface area contributed by atoms with Crippen molar-refractivity contribution in [1.82, 2.24) is 4.57 Å². The van der Waals surface area contributed by atoms with Gasteiger partial charge < -0.3 is 0 Å². The molecule has 3 rings (SSSR count). The SMILES string of the molecule is N=[N+]=CC(=O)c1c(Cl)n(-c2ccccc2)c2ccccc12. The van der Waals surface area contributed by atoms with Crippen molar-refractivity contribution in [1.29, 1.82) is 5.53 Å². The molecule has 0 radical (unpaired) electrons. The molecule has 4 nitrogen and oxygen atoms in total. The van der Waals surface area contributed by atoms with Crippen LogP contribution in [-0.2, 0) is 0 Å². The van der Waals surface area contributed by atoms with E-state index in [9.17, 15) is 4.79 Å². The van der Waals surface area contributed by atoms with Gasteiger partial charge in [-0.15, -0.1) is 0 Å². The van der Waals surface area contributed by atoms with Gasteiger partial charge in [-0.3, -0.25) is 9.36 Å². The van der Waals surface area contributed by atoms with Crippen molar-refractivity contribution < 1.29 is 9.58 Å². The Morgan fingerprint density at radius 3 is 2.48 bits per heavy atom. The van der Waals surface area contributed by atoms with Gasteiger partial charge in [0.25, 0.3) is 5.78 Å². The molecule has 0 fully saturated rings. The number of hydrogen-bond acceptors (Lipinski definition) is 2. The van der Waals surface area contributed by atoms with Crippen LogP contribution in [0.25, 0.3) is 16.6 Å². The van der Waals surface area contributed by atoms with Crippen LogP contribution in [0.15, 0.2) is 54.6 Å². The molecule has 1 N–H and O–H groups in total. The van der Waals surface area contributed by atoms with Gasteiger partial charge in [0.1, 0.15) is 5.15 Å². The van der Waals surface area contributed by atoms with E-state index in [0.717, 1.165) is 22.8 Å². The summed E-state index contributed by atoms with van der Waals surface area (Å²) in [6.07, 6.45) is 0.961. The summed E-state index contributed by atoms with van der Waals surface area (Å²) >= 11 is 6.44. The lowest BCUT2D eigenvalue weighted by molar-refractivity contribution is -0.111. The fraction of sp³-hybridized carbons (Fsp3) is 0. The van der Waals surface area contributed by atoms with Gasteiger partial charge in [-0.2, -0.15) is 0 Å². The van der Waals surface area contributed by atoms with Crippen molar-refractivity contribution in [2.24, 2.45) is 0 Å². The first-order valence-corrected chi connectivity index (χ1v) is 6.70. The molecule has 0 aliphatic carbocycles. The number of para-hydroxylation sites is 2. The number of Topliss-reactive ketones (excluding diaryl/α,β-unsaturated/α-hetero) is 1. The Labute approximate surface area is 125 Å². The molecule has 0 bridgehead atoms. The maximum Gasteiger partial charge on any atom is 0.377 e. The van der Waals surface area contributed by atoms with Crippen LogP contribution in [0.1, 0.15) is 10.4 Å². The van der Waals surface area contributed by atoms with Gasteiger partial charge in [0.2, 0.25) is 0 Å². The average Bonchev–Trinajstić information content (AvgIpc) is 2.80. The quantitative estimate of drug-likeness (QED) is 0.340. The molecular formula is C16H11ClN3O+. The van der Waals surface area contributed by atoms with Crippen LogP contribution in [0.5, 0.6) is 0 Å². The minimum Gasteiger partial charge on any atom is -0.300 e. The average molecular weight is 297 g/mol. The number of carbonyl (C=O) groups is 1. The molecule has 0 aliphatic heterocycles. The van der Waals surface area contributed by atoms with E-state index in [1.807, 2.05) is 59.2 Å². The summed E-state index contributed by atoms with van der Waals surface area (Å²) < 4.78 is 1.82. The van der Waals surface area contributed by atoms with Crippen LogP contribution in [-0.4, -0.2) is 21.4 Å². The van der Waals surface area contributed by atoms with E-state index >= 15 is 0 Å². The molecule has 0 aliphatic rings. The Kier molecular flexibility index (Phi) is 3.40. The van der Waals surface area contributed by atoms with Gasteiger partial charge in [-0.1, -0.05) is 48.0 Å². The monoisotopic (exact) mass is 296 g/mol. The smallest absolute Gasteiger partial charge is 0.300 e. The van der Waals surface area contributed by atoms with Crippen LogP contribution in [0, 0.1) is 5.53 Å². The molecule has 2 aromatic carbocycles. The summed E-state index contributed by atoms with van der Waals surface area (Å²) in [6, 6.07) is 17.1. The minimum absolute atomic E-state index is 0.326. The van der Waals surface area contributed by atoms with Gasteiger partial charge in [0.15, 0.2) is 0 Å². The van der Waals surface area contributed by atoms with Crippen LogP contribution in [0.4, 0.5) is 0 Å². The van der Waals surface area contributed by atoms with Crippen LogP contribution in [0.3, 0.4) is 0 Å². The van der Waals surface area contributed by atoms with E-state index in [4.69, 9.17) is 17.1 Å². The lowest BCUT2D eigenvalue weighted by atomic mass is 10.1. The third kappa shape index (κ3) is 2.17. The Morgan fingerprint density at radius 2 is 1.76 bits per heavy atom. The third-order valence-corrected chi connectivity index (χ3v) is 3.62. The number of carbonyl (C=O) groups excluding carboxylic acids is 1. The van der Waals surface area contributed by atoms with Crippen molar-refractivity contribution in [3.63, 3.8) is 0 Å². The van der Waals surface area contributed by atoms with Crippen molar-refractivity contribution >= 4 is 34.5 Å². The fourth-order valence-electron chi connectivity index (χ4n) is 2.40. The zero-order valence-electron chi connectivity index (χ0n) is 11.0. The number of nitrogens with zero attached hydrogens (tertiary/aromatic N) is 2. The van der Waals surface area contributed by atoms with E-state index in [0.29, 0.717) is 10.7 Å². The number of benzene rings is 2. The molecule has 0 saturated carbocycles. The molecule has 1 aromatic heterocycles. The molecule has 1 heterocycles. The Morgan fingerprint density at radius 1 is 1.10 bits per heavy atom. The second-order valence-electron chi connectivity index (χ2n) is 4.48. The predicted molar refractivity (Wildman–Crippen MR) is 81.7 cm³/mol. The zero-order chi connectivity index (χ0) is 14.8. The summed E-state index contributed by atoms with van der Waals surface area (Å²) in [5, 5.41) is 1.07. The first kappa shape index (κ1) is 13.3. The lowest BCUT2D eigenvalue weighted by Crippen LogP contribution is -2.02. The van der Waals surface area contributed by atoms with Gasteiger partial charge >= 0.3 is 6.21 Å². The number of rotatable bonds is 3. The topological polar surface area (TPSA) is 60.0 Å². The largest absolute Gasteiger partial charge is 0.377 e. The van der Waals surface area contributed by atoms with Crippen molar-refractivity contribution in [3.05, 3.63) is 65.3 Å². The highest BCUT2D eigenvalue weighted by atomic mass is 35.5. The summed E-state index contributed by atoms with van der Waals surface area (Å²) in [7, 11) is 0. The minimum atomic E-state index is -0.374. The van der Waals surface area contributed by atoms with E-state index in [-0.39, 0.29) is 5.78 Å². The van der Waals surface area contributed by atoms with Crippen molar-refractivity contribution in [3.8, 4) is 5.69 Å². The molecule has 21 heavy (non-hydrogen) atoms. The van der Waals surface area contributed by atoms with Crippen molar-refractivity contribution in [2.45, 2.75) is 0 Å². The molecule has 5 heteroatoms. The fourth-order valence-corrected chi connectivity index (χ4v) is 2.78. The summed E-state index contributed by atoms with van der Waals surface area (Å²) in [5.41, 5.74) is 8.92. The molecule has 0 atom stereocenters. The summed E-state index contributed by atoms with van der Waals surface area (Å²) in [6.45, 7) is 0. The number of fused-ring (bicyclic) bond motifs is 1. The normalized spacial score (nSPS) is 10.3. The number of ketones is 1. The zero-order valence-corrected chi connectivity index (χ0v) is 11.7. The van der Waals surface area contributed by atoms with Crippen LogP contribution in [0.2, 0.25) is 5.15 Å². The maximum atomic E-state index is 12.2. The number of aromatic nitrogens is 1. The second kappa shape index (κ2) is 5.37. The van der Waals surface area contributed by atoms with E-state index in [1.54, 1.807) is 0 Å². The highest BCUT2D eigenvalue weighted by Gasteiger charge is 2.23. The Balaban J connectivity index is 2.39. The highest BCUT2D eigenvalue weighted by molar-refractivity contribution is 6.44. The number of halogens is 1. The second-order valence-corrected chi connectivity index (χ2v) is 4.83. The van der Waals surface area contributed by atoms with Gasteiger partial charge in [-0.05, 0) is 18.2 Å². The molecular weight excluding hydrogens is 286 g/mol. The highest BCUT2D eigenvalue weighted by Crippen LogP contribution is 2.32. The molecule has 0 saturated heterocycles. The van der Waals surface area contributed by atoms with Gasteiger partial charge in [0.05, 0.1) is 21.4 Å². The van der Waals surface area contributed by atoms with E-state index in [1.165, 1.54) is 0 Å². The summed E-state index contributed by atoms with van der Waals surface area (Å²) in [5.74, 6) is -0.374. The van der Waals surface area contributed by atoms with E-state index in [2.05, 4.69) is 4.79 Å². The van der Waals surface area contributed by atoms with E-state index < -0.39 is 0 Å². The molecule has 102 valence electrons. The van der Waals surface area contributed by atoms with Crippen LogP contribution < -0.4 is 0 Å². The first-order valence-electron chi connectivity index (χ1n) is 6.32. The lowest BCUT2D eigenvalue weighted by Gasteiger charge is -2.06. The molecule has 0 amide bonds. The summed E-state index contributed by atoms with van der Waals surface area (Å²) in [4.78, 5) is 15.2. The molecule has 3 aromatic rings. The Hall–Kier alpha value is -2.68. The maximum absolute atomic E-state index is 12.2. The standard InChI is InChI=1S/C16H11ClN3O/c17-16-15(14(21)10-19-18)12-8-4-5-9-13(12)20(16)11-6-2-1-3-7-11/h1-10,18H/q+1. The first-order chi connectivity index (χ1) is 10.2. The third-order valence-electron chi connectivity index (χ3n) is 3.26. The molecule has 0 unspecified atom stereocenters. The van der Waals surface area contributed by atoms with Crippen LogP contribution >= 0.6 is 11.6 Å². The Bertz CT molecular complexity index is 877. The number of nitrogens with one attached hydrogen (secondary N) is 1. The number of hydrogen-bond donors (Lipinski definition) is 1.